The molecule has 0 unspecified atom stereocenters. The van der Waals surface area contributed by atoms with Crippen molar-refractivity contribution >= 4 is 17.0 Å². The second-order valence-corrected chi connectivity index (χ2v) is 4.78. The minimum Gasteiger partial charge on any atom is -0.489 e. The van der Waals surface area contributed by atoms with Crippen LogP contribution >= 0.6 is 0 Å². The second kappa shape index (κ2) is 5.61. The largest absolute Gasteiger partial charge is 0.489 e. The van der Waals surface area contributed by atoms with Gasteiger partial charge in [-0.25, -0.2) is 4.98 Å². The van der Waals surface area contributed by atoms with E-state index in [0.29, 0.717) is 41.6 Å². The number of carbonyl (C=O) groups is 1. The number of methoxy groups -OCH3 is 1. The van der Waals surface area contributed by atoms with E-state index in [1.54, 1.807) is 23.8 Å². The van der Waals surface area contributed by atoms with Gasteiger partial charge in [-0.1, -0.05) is 0 Å². The van der Waals surface area contributed by atoms with E-state index >= 15 is 0 Å². The zero-order chi connectivity index (χ0) is 14.8. The maximum Gasteiger partial charge on any atom is 0.323 e. The van der Waals surface area contributed by atoms with Crippen LogP contribution in [0.4, 0.5) is 0 Å². The van der Waals surface area contributed by atoms with Gasteiger partial charge < -0.3 is 23.9 Å². The highest BCUT2D eigenvalue weighted by atomic mass is 16.5. The van der Waals surface area contributed by atoms with E-state index in [1.165, 1.54) is 0 Å². The molecule has 1 N–H and O–H groups in total. The molecule has 0 spiro atoms. The Hall–Kier alpha value is -2.28. The normalized spacial score (nSPS) is 14.1. The van der Waals surface area contributed by atoms with Gasteiger partial charge in [-0.15, -0.1) is 0 Å². The van der Waals surface area contributed by atoms with Crippen LogP contribution in [0.2, 0.25) is 0 Å². The summed E-state index contributed by atoms with van der Waals surface area (Å²) in [5.41, 5.74) is 1.38. The van der Waals surface area contributed by atoms with Gasteiger partial charge >= 0.3 is 5.97 Å². The molecule has 0 amide bonds. The summed E-state index contributed by atoms with van der Waals surface area (Å²) < 4.78 is 18.0. The molecule has 7 nitrogen and oxygen atoms in total. The summed E-state index contributed by atoms with van der Waals surface area (Å²) in [7, 11) is 1.55. The number of carboxylic acid groups (broad SMARTS) is 1. The Balaban J connectivity index is 2.14. The SMILES string of the molecule is COCc1nc2cc3c(cc2n1CC(=O)O)OCCCO3. The average Bonchev–Trinajstić information content (AvgIpc) is 2.62. The van der Waals surface area contributed by atoms with E-state index in [1.807, 2.05) is 0 Å². The summed E-state index contributed by atoms with van der Waals surface area (Å²) in [6, 6.07) is 3.57. The number of aliphatic carboxylic acids is 1. The number of benzene rings is 1. The lowest BCUT2D eigenvalue weighted by Crippen LogP contribution is -2.12. The van der Waals surface area contributed by atoms with Gasteiger partial charge in [0.25, 0.3) is 0 Å². The van der Waals surface area contributed by atoms with E-state index in [0.717, 1.165) is 6.42 Å². The number of fused-ring (bicyclic) bond motifs is 2. The predicted octanol–water partition coefficient (Wildman–Crippen LogP) is 1.43. The Morgan fingerprint density at radius 3 is 2.76 bits per heavy atom. The molecule has 21 heavy (non-hydrogen) atoms. The summed E-state index contributed by atoms with van der Waals surface area (Å²) in [5.74, 6) is 0.897. The van der Waals surface area contributed by atoms with E-state index in [-0.39, 0.29) is 13.2 Å². The van der Waals surface area contributed by atoms with Gasteiger partial charge in [-0.2, -0.15) is 0 Å². The molecule has 0 atom stereocenters. The fraction of sp³-hybridized carbons (Fsp3) is 0.429. The molecule has 0 aliphatic carbocycles. The summed E-state index contributed by atoms with van der Waals surface area (Å²) in [6.45, 7) is 1.25. The van der Waals surface area contributed by atoms with Crippen LogP contribution in [-0.2, 0) is 22.7 Å². The molecule has 1 aliphatic rings. The quantitative estimate of drug-likeness (QED) is 0.918. The number of carboxylic acids is 1. The molecule has 7 heteroatoms. The van der Waals surface area contributed by atoms with E-state index in [4.69, 9.17) is 19.3 Å². The highest BCUT2D eigenvalue weighted by Crippen LogP contribution is 2.34. The molecular formula is C14H16N2O5. The molecule has 0 fully saturated rings. The molecule has 1 aromatic carbocycles. The number of ether oxygens (including phenoxy) is 3. The third kappa shape index (κ3) is 2.64. The monoisotopic (exact) mass is 292 g/mol. The molecule has 1 aliphatic heterocycles. The molecule has 2 heterocycles. The van der Waals surface area contributed by atoms with Gasteiger partial charge in [0.15, 0.2) is 11.5 Å². The molecule has 112 valence electrons. The van der Waals surface area contributed by atoms with Crippen molar-refractivity contribution < 1.29 is 24.1 Å². The van der Waals surface area contributed by atoms with Gasteiger partial charge in [0.05, 0.1) is 24.2 Å². The van der Waals surface area contributed by atoms with Crippen molar-refractivity contribution in [2.75, 3.05) is 20.3 Å². The third-order valence-corrected chi connectivity index (χ3v) is 3.26. The Kier molecular flexibility index (Phi) is 3.66. The lowest BCUT2D eigenvalue weighted by Gasteiger charge is -2.09. The number of aromatic nitrogens is 2. The van der Waals surface area contributed by atoms with Crippen LogP contribution in [0, 0.1) is 0 Å². The van der Waals surface area contributed by atoms with Crippen molar-refractivity contribution in [3.05, 3.63) is 18.0 Å². The molecule has 3 rings (SSSR count). The maximum atomic E-state index is 11.1. The lowest BCUT2D eigenvalue weighted by molar-refractivity contribution is -0.137. The zero-order valence-electron chi connectivity index (χ0n) is 11.7. The van der Waals surface area contributed by atoms with Crippen LogP contribution in [0.15, 0.2) is 12.1 Å². The van der Waals surface area contributed by atoms with Crippen molar-refractivity contribution in [1.82, 2.24) is 9.55 Å². The van der Waals surface area contributed by atoms with E-state index in [2.05, 4.69) is 4.98 Å². The molecule has 0 radical (unpaired) electrons. The third-order valence-electron chi connectivity index (χ3n) is 3.26. The van der Waals surface area contributed by atoms with Gasteiger partial charge in [0.2, 0.25) is 0 Å². The van der Waals surface area contributed by atoms with Crippen molar-refractivity contribution in [3.8, 4) is 11.5 Å². The predicted molar refractivity (Wildman–Crippen MR) is 73.7 cm³/mol. The van der Waals surface area contributed by atoms with Crippen LogP contribution in [0.3, 0.4) is 0 Å². The van der Waals surface area contributed by atoms with Crippen LogP contribution in [0.5, 0.6) is 11.5 Å². The first-order valence-electron chi connectivity index (χ1n) is 6.68. The van der Waals surface area contributed by atoms with Crippen molar-refractivity contribution in [2.24, 2.45) is 0 Å². The van der Waals surface area contributed by atoms with Gasteiger partial charge in [0, 0.05) is 25.7 Å². The fourth-order valence-electron chi connectivity index (χ4n) is 2.38. The van der Waals surface area contributed by atoms with Gasteiger partial charge in [-0.05, 0) is 0 Å². The van der Waals surface area contributed by atoms with Crippen molar-refractivity contribution in [1.29, 1.82) is 0 Å². The van der Waals surface area contributed by atoms with E-state index < -0.39 is 5.97 Å². The van der Waals surface area contributed by atoms with Crippen LogP contribution in [-0.4, -0.2) is 41.0 Å². The Morgan fingerprint density at radius 1 is 1.38 bits per heavy atom. The van der Waals surface area contributed by atoms with Crippen LogP contribution in [0.1, 0.15) is 12.2 Å². The summed E-state index contributed by atoms with van der Waals surface area (Å²) in [5, 5.41) is 9.08. The first kappa shape index (κ1) is 13.7. The average molecular weight is 292 g/mol. The Bertz CT molecular complexity index is 680. The molecule has 0 saturated carbocycles. The highest BCUT2D eigenvalue weighted by molar-refractivity contribution is 5.82. The summed E-state index contributed by atoms with van der Waals surface area (Å²) >= 11 is 0. The number of imidazole rings is 1. The number of hydrogen-bond acceptors (Lipinski definition) is 5. The van der Waals surface area contributed by atoms with Crippen LogP contribution in [0.25, 0.3) is 11.0 Å². The van der Waals surface area contributed by atoms with Crippen LogP contribution < -0.4 is 9.47 Å². The minimum absolute atomic E-state index is 0.172. The number of hydrogen-bond donors (Lipinski definition) is 1. The molecule has 0 bridgehead atoms. The maximum absolute atomic E-state index is 11.1. The Labute approximate surface area is 121 Å². The molecule has 1 aromatic heterocycles. The van der Waals surface area contributed by atoms with Crippen molar-refractivity contribution in [2.45, 2.75) is 19.6 Å². The first-order chi connectivity index (χ1) is 10.2. The number of rotatable bonds is 4. The zero-order valence-corrected chi connectivity index (χ0v) is 11.7. The van der Waals surface area contributed by atoms with Crippen molar-refractivity contribution in [3.63, 3.8) is 0 Å². The Morgan fingerprint density at radius 2 is 2.10 bits per heavy atom. The van der Waals surface area contributed by atoms with Gasteiger partial charge in [-0.3, -0.25) is 4.79 Å². The first-order valence-corrected chi connectivity index (χ1v) is 6.68. The lowest BCUT2D eigenvalue weighted by atomic mass is 10.2. The second-order valence-electron chi connectivity index (χ2n) is 4.78. The summed E-state index contributed by atoms with van der Waals surface area (Å²) in [4.78, 5) is 15.5. The fourth-order valence-corrected chi connectivity index (χ4v) is 2.38. The highest BCUT2D eigenvalue weighted by Gasteiger charge is 2.18. The smallest absolute Gasteiger partial charge is 0.323 e. The number of nitrogens with zero attached hydrogens (tertiary/aromatic N) is 2. The molecular weight excluding hydrogens is 276 g/mol. The molecule has 0 saturated heterocycles. The van der Waals surface area contributed by atoms with Gasteiger partial charge in [0.1, 0.15) is 19.0 Å². The topological polar surface area (TPSA) is 82.8 Å². The minimum atomic E-state index is -0.932. The summed E-state index contributed by atoms with van der Waals surface area (Å²) in [6.07, 6.45) is 0.816. The van der Waals surface area contributed by atoms with E-state index in [9.17, 15) is 4.79 Å². The molecule has 2 aromatic rings. The standard InChI is InChI=1S/C14H16N2O5/c1-19-8-13-15-9-5-11-12(21-4-2-3-20-11)6-10(9)16(13)7-14(17)18/h5-6H,2-4,7-8H2,1H3,(H,17,18).